The van der Waals surface area contributed by atoms with Gasteiger partial charge in [0.25, 0.3) is 0 Å². The van der Waals surface area contributed by atoms with Crippen molar-refractivity contribution in [2.75, 3.05) is 0 Å². The summed E-state index contributed by atoms with van der Waals surface area (Å²) in [5, 5.41) is 17.7. The molecule has 3 nitrogen and oxygen atoms in total. The second-order valence-electron chi connectivity index (χ2n) is 2.19. The second kappa shape index (κ2) is 3.11. The summed E-state index contributed by atoms with van der Waals surface area (Å²) in [6.07, 6.45) is 0. The van der Waals surface area contributed by atoms with E-state index in [1.807, 2.05) is 0 Å². The maximum Gasteiger partial charge on any atom is 0.380 e. The number of halogens is 2. The third-order valence-corrected chi connectivity index (χ3v) is 2.31. The van der Waals surface area contributed by atoms with Gasteiger partial charge in [0.1, 0.15) is 6.07 Å². The number of thiophene rings is 1. The largest absolute Gasteiger partial charge is 0.477 e. The monoisotopic (exact) mass is 203 g/mol. The van der Waals surface area contributed by atoms with Gasteiger partial charge < -0.3 is 5.11 Å². The van der Waals surface area contributed by atoms with Crippen LogP contribution < -0.4 is 0 Å². The van der Waals surface area contributed by atoms with Crippen LogP contribution in [0, 0.1) is 11.3 Å². The van der Waals surface area contributed by atoms with Crippen molar-refractivity contribution in [1.82, 2.24) is 0 Å². The minimum Gasteiger partial charge on any atom is -0.477 e. The highest BCUT2D eigenvalue weighted by atomic mass is 32.1. The lowest BCUT2D eigenvalue weighted by Gasteiger charge is -2.06. The van der Waals surface area contributed by atoms with Gasteiger partial charge in [-0.2, -0.15) is 14.0 Å². The first-order valence-corrected chi connectivity index (χ1v) is 3.96. The van der Waals surface area contributed by atoms with Crippen molar-refractivity contribution in [2.24, 2.45) is 0 Å². The fraction of sp³-hybridized carbons (Fsp3) is 0.143. The molecule has 0 aliphatic rings. The van der Waals surface area contributed by atoms with Crippen molar-refractivity contribution in [1.29, 1.82) is 5.26 Å². The summed E-state index contributed by atoms with van der Waals surface area (Å²) in [5.41, 5.74) is 0.0425. The Hall–Kier alpha value is -1.48. The lowest BCUT2D eigenvalue weighted by molar-refractivity contribution is -0.165. The zero-order chi connectivity index (χ0) is 10.1. The third-order valence-electron chi connectivity index (χ3n) is 1.31. The molecule has 0 unspecified atom stereocenters. The van der Waals surface area contributed by atoms with E-state index in [0.717, 1.165) is 6.07 Å². The summed E-state index contributed by atoms with van der Waals surface area (Å²) in [5.74, 6) is -6.11. The van der Waals surface area contributed by atoms with Crippen molar-refractivity contribution in [3.63, 3.8) is 0 Å². The molecular formula is C7H3F2NO2S. The Kier molecular flexibility index (Phi) is 2.30. The van der Waals surface area contributed by atoms with E-state index < -0.39 is 16.8 Å². The lowest BCUT2D eigenvalue weighted by atomic mass is 10.2. The molecule has 0 saturated carbocycles. The van der Waals surface area contributed by atoms with E-state index in [2.05, 4.69) is 0 Å². The zero-order valence-electron chi connectivity index (χ0n) is 6.12. The van der Waals surface area contributed by atoms with Crippen LogP contribution in [0.3, 0.4) is 0 Å². The molecule has 0 saturated heterocycles. The molecule has 0 atom stereocenters. The molecule has 0 aliphatic heterocycles. The first kappa shape index (κ1) is 9.61. The molecule has 1 aromatic heterocycles. The van der Waals surface area contributed by atoms with Crippen LogP contribution in [0.2, 0.25) is 0 Å². The minimum absolute atomic E-state index is 0.0425. The summed E-state index contributed by atoms with van der Waals surface area (Å²) in [4.78, 5) is 9.46. The molecule has 6 heteroatoms. The standard InChI is InChI=1S/C7H3F2NO2S/c8-7(9,6(11)12)5-1-4(2-10)3-13-5/h1,3H,(H,11,12). The first-order valence-electron chi connectivity index (χ1n) is 3.09. The first-order chi connectivity index (χ1) is 5.98. The van der Waals surface area contributed by atoms with Gasteiger partial charge in [-0.1, -0.05) is 0 Å². The Bertz CT molecular complexity index is 380. The number of alkyl halides is 2. The van der Waals surface area contributed by atoms with Crippen molar-refractivity contribution < 1.29 is 18.7 Å². The second-order valence-corrected chi connectivity index (χ2v) is 3.10. The van der Waals surface area contributed by atoms with Gasteiger partial charge in [-0.3, -0.25) is 0 Å². The fourth-order valence-electron chi connectivity index (χ4n) is 0.665. The van der Waals surface area contributed by atoms with Crippen LogP contribution in [0.5, 0.6) is 0 Å². The van der Waals surface area contributed by atoms with Crippen molar-refractivity contribution in [3.8, 4) is 6.07 Å². The highest BCUT2D eigenvalue weighted by Gasteiger charge is 2.42. The van der Waals surface area contributed by atoms with Gasteiger partial charge in [-0.25, -0.2) is 4.79 Å². The predicted molar refractivity (Wildman–Crippen MR) is 40.6 cm³/mol. The Morgan fingerprint density at radius 3 is 2.69 bits per heavy atom. The maximum atomic E-state index is 12.7. The van der Waals surface area contributed by atoms with E-state index in [0.29, 0.717) is 11.3 Å². The molecule has 1 rings (SSSR count). The number of aliphatic carboxylic acids is 1. The van der Waals surface area contributed by atoms with Crippen molar-refractivity contribution >= 4 is 17.3 Å². The summed E-state index contributed by atoms with van der Waals surface area (Å²) in [6.45, 7) is 0. The quantitative estimate of drug-likeness (QED) is 0.797. The molecule has 0 fully saturated rings. The molecule has 0 radical (unpaired) electrons. The molecule has 68 valence electrons. The molecule has 1 aromatic rings. The van der Waals surface area contributed by atoms with Crippen LogP contribution >= 0.6 is 11.3 Å². The van der Waals surface area contributed by atoms with E-state index >= 15 is 0 Å². The number of carboxylic acids is 1. The molecular weight excluding hydrogens is 200 g/mol. The summed E-state index contributed by atoms with van der Waals surface area (Å²) >= 11 is 0.556. The Balaban J connectivity index is 3.09. The molecule has 0 aromatic carbocycles. The van der Waals surface area contributed by atoms with E-state index in [9.17, 15) is 13.6 Å². The summed E-state index contributed by atoms with van der Waals surface area (Å²) < 4.78 is 25.5. The molecule has 13 heavy (non-hydrogen) atoms. The van der Waals surface area contributed by atoms with Gasteiger partial charge >= 0.3 is 11.9 Å². The summed E-state index contributed by atoms with van der Waals surface area (Å²) in [6, 6.07) is 2.52. The molecule has 1 N–H and O–H groups in total. The number of rotatable bonds is 2. The van der Waals surface area contributed by atoms with Gasteiger partial charge in [-0.05, 0) is 6.07 Å². The van der Waals surface area contributed by atoms with Gasteiger partial charge in [0.15, 0.2) is 0 Å². The molecule has 0 amide bonds. The highest BCUT2D eigenvalue weighted by molar-refractivity contribution is 7.10. The van der Waals surface area contributed by atoms with Crippen LogP contribution in [0.25, 0.3) is 0 Å². The predicted octanol–water partition coefficient (Wildman–Crippen LogP) is 1.80. The van der Waals surface area contributed by atoms with Crippen LogP contribution in [0.1, 0.15) is 10.4 Å². The Labute approximate surface area is 75.8 Å². The molecule has 0 spiro atoms. The van der Waals surface area contributed by atoms with Gasteiger partial charge in [-0.15, -0.1) is 11.3 Å². The highest BCUT2D eigenvalue weighted by Crippen LogP contribution is 2.32. The third kappa shape index (κ3) is 1.65. The normalized spacial score (nSPS) is 10.8. The number of carboxylic acid groups (broad SMARTS) is 1. The van der Waals surface area contributed by atoms with Crippen LogP contribution in [-0.2, 0) is 10.7 Å². The molecule has 0 bridgehead atoms. The smallest absolute Gasteiger partial charge is 0.380 e. The lowest BCUT2D eigenvalue weighted by Crippen LogP contribution is -2.23. The number of nitrogens with zero attached hydrogens (tertiary/aromatic N) is 1. The van der Waals surface area contributed by atoms with Crippen LogP contribution in [0.15, 0.2) is 11.4 Å². The SMILES string of the molecule is N#Cc1csc(C(F)(F)C(=O)O)c1. The van der Waals surface area contributed by atoms with Crippen molar-refractivity contribution in [2.45, 2.75) is 5.92 Å². The topological polar surface area (TPSA) is 61.1 Å². The number of nitriles is 1. The zero-order valence-corrected chi connectivity index (χ0v) is 6.94. The van der Waals surface area contributed by atoms with Crippen LogP contribution in [-0.4, -0.2) is 11.1 Å². The molecule has 1 heterocycles. The van der Waals surface area contributed by atoms with Crippen LogP contribution in [0.4, 0.5) is 8.78 Å². The van der Waals surface area contributed by atoms with Crippen molar-refractivity contribution in [3.05, 3.63) is 21.9 Å². The average Bonchev–Trinajstić information content (AvgIpc) is 2.51. The van der Waals surface area contributed by atoms with E-state index in [1.54, 1.807) is 6.07 Å². The number of carbonyl (C=O) groups is 1. The minimum atomic E-state index is -3.90. The number of hydrogen-bond acceptors (Lipinski definition) is 3. The van der Waals surface area contributed by atoms with E-state index in [-0.39, 0.29) is 5.56 Å². The maximum absolute atomic E-state index is 12.7. The summed E-state index contributed by atoms with van der Waals surface area (Å²) in [7, 11) is 0. The van der Waals surface area contributed by atoms with Gasteiger partial charge in [0, 0.05) is 5.38 Å². The van der Waals surface area contributed by atoms with E-state index in [1.165, 1.54) is 5.38 Å². The Morgan fingerprint density at radius 2 is 2.31 bits per heavy atom. The van der Waals surface area contributed by atoms with Gasteiger partial charge in [0.2, 0.25) is 0 Å². The van der Waals surface area contributed by atoms with E-state index in [4.69, 9.17) is 10.4 Å². The average molecular weight is 203 g/mol. The fourth-order valence-corrected chi connectivity index (χ4v) is 1.47. The molecule has 0 aliphatic carbocycles. The number of hydrogen-bond donors (Lipinski definition) is 1. The van der Waals surface area contributed by atoms with Gasteiger partial charge in [0.05, 0.1) is 10.4 Å². The Morgan fingerprint density at radius 1 is 1.69 bits per heavy atom.